The van der Waals surface area contributed by atoms with E-state index in [1.807, 2.05) is 0 Å². The Morgan fingerprint density at radius 2 is 2.50 bits per heavy atom. The predicted molar refractivity (Wildman–Crippen MR) is 33.0 cm³/mol. The zero-order chi connectivity index (χ0) is 5.98. The predicted octanol–water partition coefficient (Wildman–Crippen LogP) is 0.621. The van der Waals surface area contributed by atoms with Crippen LogP contribution in [0, 0.1) is 6.20 Å². The molecule has 1 aromatic rings. The van der Waals surface area contributed by atoms with E-state index in [2.05, 4.69) is 32.1 Å². The van der Waals surface area contributed by atoms with Gasteiger partial charge in [0, 0.05) is 0 Å². The second-order valence-electron chi connectivity index (χ2n) is 1.19. The minimum absolute atomic E-state index is 0.313. The fraction of sp³-hybridized carbons (Fsp3) is 0. The minimum Gasteiger partial charge on any atom is -0.382 e. The molecule has 1 rings (SSSR count). The lowest BCUT2D eigenvalue weighted by atomic mass is 10.7. The Kier molecular flexibility index (Phi) is 1.43. The first-order valence-electron chi connectivity index (χ1n) is 1.95. The Hall–Kier alpha value is -0.640. The van der Waals surface area contributed by atoms with Crippen LogP contribution in [-0.2, 0) is 0 Å². The van der Waals surface area contributed by atoms with Crippen molar-refractivity contribution in [2.45, 2.75) is 0 Å². The Bertz CT molecular complexity index is 150. The highest BCUT2D eigenvalue weighted by atomic mass is 79.9. The fourth-order valence-corrected chi connectivity index (χ4v) is 0.482. The molecule has 0 aliphatic heterocycles. The first kappa shape index (κ1) is 5.50. The molecule has 0 aliphatic carbocycles. The van der Waals surface area contributed by atoms with Gasteiger partial charge in [0.15, 0.2) is 5.82 Å². The molecule has 1 aromatic heterocycles. The van der Waals surface area contributed by atoms with Gasteiger partial charge in [-0.25, -0.2) is 9.97 Å². The van der Waals surface area contributed by atoms with Crippen LogP contribution in [0.1, 0.15) is 0 Å². The number of nitrogen functional groups attached to an aromatic ring is 1. The van der Waals surface area contributed by atoms with Gasteiger partial charge < -0.3 is 5.73 Å². The van der Waals surface area contributed by atoms with Crippen molar-refractivity contribution in [3.63, 3.8) is 0 Å². The number of halogens is 1. The molecule has 3 nitrogen and oxygen atoms in total. The van der Waals surface area contributed by atoms with E-state index in [-0.39, 0.29) is 0 Å². The lowest BCUT2D eigenvalue weighted by Crippen LogP contribution is -1.89. The highest BCUT2D eigenvalue weighted by molar-refractivity contribution is 9.10. The second-order valence-corrected chi connectivity index (χ2v) is 2.00. The summed E-state index contributed by atoms with van der Waals surface area (Å²) in [5, 5.41) is 0. The number of nitrogens with two attached hydrogens (primary N) is 1. The van der Waals surface area contributed by atoms with Crippen molar-refractivity contribution in [3.8, 4) is 0 Å². The molecule has 0 amide bonds. The van der Waals surface area contributed by atoms with Crippen molar-refractivity contribution in [1.29, 1.82) is 0 Å². The lowest BCUT2D eigenvalue weighted by molar-refractivity contribution is 1.16. The third kappa shape index (κ3) is 1.16. The Balaban J connectivity index is 3.03. The number of hydrogen-bond acceptors (Lipinski definition) is 3. The van der Waals surface area contributed by atoms with Crippen molar-refractivity contribution in [1.82, 2.24) is 9.97 Å². The van der Waals surface area contributed by atoms with E-state index >= 15 is 0 Å². The third-order valence-electron chi connectivity index (χ3n) is 0.587. The van der Waals surface area contributed by atoms with E-state index in [1.165, 1.54) is 6.20 Å². The largest absolute Gasteiger partial charge is 0.382 e. The highest BCUT2D eigenvalue weighted by Crippen LogP contribution is 2.01. The van der Waals surface area contributed by atoms with Crippen LogP contribution in [0.15, 0.2) is 10.8 Å². The van der Waals surface area contributed by atoms with Gasteiger partial charge in [0.1, 0.15) is 10.8 Å². The molecule has 0 bridgehead atoms. The van der Waals surface area contributed by atoms with Crippen LogP contribution in [0.3, 0.4) is 0 Å². The molecule has 2 N–H and O–H groups in total. The van der Waals surface area contributed by atoms with E-state index in [0.717, 1.165) is 0 Å². The molecular formula is C4H3BrN3. The molecule has 1 heterocycles. The van der Waals surface area contributed by atoms with Crippen LogP contribution < -0.4 is 5.73 Å². The van der Waals surface area contributed by atoms with E-state index in [4.69, 9.17) is 5.73 Å². The molecule has 1 radical (unpaired) electrons. The summed E-state index contributed by atoms with van der Waals surface area (Å²) in [7, 11) is 0. The van der Waals surface area contributed by atoms with E-state index in [1.54, 1.807) is 0 Å². The molecular weight excluding hydrogens is 170 g/mol. The molecule has 0 aliphatic rings. The molecule has 0 aromatic carbocycles. The van der Waals surface area contributed by atoms with Gasteiger partial charge in [-0.05, 0) is 15.9 Å². The van der Waals surface area contributed by atoms with Gasteiger partial charge in [-0.15, -0.1) is 0 Å². The molecule has 0 saturated heterocycles. The van der Waals surface area contributed by atoms with Gasteiger partial charge in [-0.2, -0.15) is 0 Å². The summed E-state index contributed by atoms with van der Waals surface area (Å²) in [4.78, 5) is 7.37. The second kappa shape index (κ2) is 2.09. The summed E-state index contributed by atoms with van der Waals surface area (Å²) >= 11 is 3.08. The number of aromatic nitrogens is 2. The summed E-state index contributed by atoms with van der Waals surface area (Å²) in [5.74, 6) is 0.313. The molecule has 0 fully saturated rings. The monoisotopic (exact) mass is 172 g/mol. The Labute approximate surface area is 55.1 Å². The lowest BCUT2D eigenvalue weighted by Gasteiger charge is -1.86. The summed E-state index contributed by atoms with van der Waals surface area (Å²) in [6, 6.07) is 0. The molecule has 8 heavy (non-hydrogen) atoms. The molecule has 41 valence electrons. The SMILES string of the molecule is Nc1[c]nc(Br)cn1. The molecule has 0 atom stereocenters. The van der Waals surface area contributed by atoms with Crippen LogP contribution >= 0.6 is 15.9 Å². The van der Waals surface area contributed by atoms with Gasteiger partial charge in [0.25, 0.3) is 0 Å². The Morgan fingerprint density at radius 3 is 2.88 bits per heavy atom. The van der Waals surface area contributed by atoms with Crippen LogP contribution in [0.5, 0.6) is 0 Å². The topological polar surface area (TPSA) is 51.8 Å². The number of nitrogens with zero attached hydrogens (tertiary/aromatic N) is 2. The van der Waals surface area contributed by atoms with Crippen molar-refractivity contribution in [2.75, 3.05) is 5.73 Å². The van der Waals surface area contributed by atoms with Crippen LogP contribution in [0.4, 0.5) is 5.82 Å². The summed E-state index contributed by atoms with van der Waals surface area (Å²) in [6.07, 6.45) is 3.99. The maximum absolute atomic E-state index is 5.18. The van der Waals surface area contributed by atoms with Gasteiger partial charge in [0.05, 0.1) is 6.20 Å². The zero-order valence-electron chi connectivity index (χ0n) is 3.93. The molecule has 0 unspecified atom stereocenters. The van der Waals surface area contributed by atoms with Gasteiger partial charge in [-0.3, -0.25) is 0 Å². The summed E-state index contributed by atoms with van der Waals surface area (Å²) < 4.78 is 0.645. The Morgan fingerprint density at radius 1 is 1.75 bits per heavy atom. The minimum atomic E-state index is 0.313. The maximum atomic E-state index is 5.18. The number of hydrogen-bond donors (Lipinski definition) is 1. The first-order valence-corrected chi connectivity index (χ1v) is 2.74. The van der Waals surface area contributed by atoms with Crippen LogP contribution in [0.25, 0.3) is 0 Å². The number of rotatable bonds is 0. The quantitative estimate of drug-likeness (QED) is 0.625. The maximum Gasteiger partial charge on any atom is 0.151 e. The van der Waals surface area contributed by atoms with E-state index in [9.17, 15) is 0 Å². The molecule has 0 saturated carbocycles. The standard InChI is InChI=1S/C4H3BrN3/c5-3-1-8-4(6)2-7-3/h1H,(H2,6,8). The molecule has 0 spiro atoms. The van der Waals surface area contributed by atoms with Crippen LogP contribution in [-0.4, -0.2) is 9.97 Å². The van der Waals surface area contributed by atoms with Crippen molar-refractivity contribution in [2.24, 2.45) is 0 Å². The zero-order valence-corrected chi connectivity index (χ0v) is 5.51. The number of anilines is 1. The third-order valence-corrected chi connectivity index (χ3v) is 0.969. The van der Waals surface area contributed by atoms with Crippen molar-refractivity contribution >= 4 is 21.7 Å². The van der Waals surface area contributed by atoms with E-state index in [0.29, 0.717) is 10.4 Å². The van der Waals surface area contributed by atoms with Gasteiger partial charge in [0.2, 0.25) is 0 Å². The van der Waals surface area contributed by atoms with Crippen molar-refractivity contribution < 1.29 is 0 Å². The van der Waals surface area contributed by atoms with Crippen LogP contribution in [0.2, 0.25) is 0 Å². The van der Waals surface area contributed by atoms with E-state index < -0.39 is 0 Å². The fourth-order valence-electron chi connectivity index (χ4n) is 0.291. The van der Waals surface area contributed by atoms with Gasteiger partial charge >= 0.3 is 0 Å². The highest BCUT2D eigenvalue weighted by Gasteiger charge is 1.86. The smallest absolute Gasteiger partial charge is 0.151 e. The van der Waals surface area contributed by atoms with Gasteiger partial charge in [-0.1, -0.05) is 0 Å². The molecule has 4 heteroatoms. The van der Waals surface area contributed by atoms with Crippen molar-refractivity contribution in [3.05, 3.63) is 17.0 Å². The summed E-state index contributed by atoms with van der Waals surface area (Å²) in [5.41, 5.74) is 5.18. The average Bonchev–Trinajstić information content (AvgIpc) is 1.77. The normalized spacial score (nSPS) is 9.12. The first-order chi connectivity index (χ1) is 3.79. The average molecular weight is 173 g/mol. The summed E-state index contributed by atoms with van der Waals surface area (Å²) in [6.45, 7) is 0.